The van der Waals surface area contributed by atoms with Gasteiger partial charge in [0.05, 0.1) is 6.04 Å². The molecule has 1 fully saturated rings. The number of nitrogens with two attached hydrogens (primary N) is 1. The lowest BCUT2D eigenvalue weighted by Gasteiger charge is -2.31. The van der Waals surface area contributed by atoms with Gasteiger partial charge in [-0.3, -0.25) is 4.90 Å². The monoisotopic (exact) mass is 281 g/mol. The zero-order valence-electron chi connectivity index (χ0n) is 11.9. The average molecular weight is 281 g/mol. The Bertz CT molecular complexity index is 423. The largest absolute Gasteiger partial charge is 0.308 e. The summed E-state index contributed by atoms with van der Waals surface area (Å²) in [7, 11) is 2.14. The van der Waals surface area contributed by atoms with E-state index in [9.17, 15) is 0 Å². The van der Waals surface area contributed by atoms with Crippen LogP contribution in [-0.4, -0.2) is 40.0 Å². The van der Waals surface area contributed by atoms with Crippen molar-refractivity contribution in [2.24, 2.45) is 11.8 Å². The molecule has 1 aromatic heterocycles. The molecule has 19 heavy (non-hydrogen) atoms. The van der Waals surface area contributed by atoms with Crippen LogP contribution >= 0.6 is 11.8 Å². The molecule has 2 rings (SSSR count). The summed E-state index contributed by atoms with van der Waals surface area (Å²) in [6.45, 7) is 5.47. The van der Waals surface area contributed by atoms with Gasteiger partial charge in [-0.05, 0) is 19.4 Å². The Morgan fingerprint density at radius 2 is 2.32 bits per heavy atom. The molecule has 1 atom stereocenters. The first-order chi connectivity index (χ1) is 9.10. The van der Waals surface area contributed by atoms with Gasteiger partial charge >= 0.3 is 0 Å². The molecule has 3 N–H and O–H groups in total. The summed E-state index contributed by atoms with van der Waals surface area (Å²) in [5.74, 6) is 9.93. The van der Waals surface area contributed by atoms with Crippen molar-refractivity contribution in [3.8, 4) is 0 Å². The lowest BCUT2D eigenvalue weighted by molar-refractivity contribution is 0.264. The number of thioether (sulfide) groups is 1. The molecule has 1 aliphatic rings. The van der Waals surface area contributed by atoms with Crippen molar-refractivity contribution in [1.29, 1.82) is 0 Å². The predicted octanol–water partition coefficient (Wildman–Crippen LogP) is 1.68. The number of nitrogens with zero attached hydrogens (tertiary/aromatic N) is 3. The van der Waals surface area contributed by atoms with Crippen LogP contribution in [0.3, 0.4) is 0 Å². The third-order valence-electron chi connectivity index (χ3n) is 3.26. The van der Waals surface area contributed by atoms with Crippen LogP contribution in [0.1, 0.15) is 31.4 Å². The molecule has 5 nitrogen and oxygen atoms in total. The fraction of sp³-hybridized carbons (Fsp3) is 0.692. The number of rotatable bonds is 4. The highest BCUT2D eigenvalue weighted by atomic mass is 32.2. The first-order valence-electron chi connectivity index (χ1n) is 6.72. The van der Waals surface area contributed by atoms with Gasteiger partial charge in [0.25, 0.3) is 0 Å². The van der Waals surface area contributed by atoms with Crippen LogP contribution < -0.4 is 11.3 Å². The van der Waals surface area contributed by atoms with E-state index in [4.69, 9.17) is 10.8 Å². The highest BCUT2D eigenvalue weighted by Crippen LogP contribution is 2.27. The van der Waals surface area contributed by atoms with Gasteiger partial charge in [0.15, 0.2) is 0 Å². The highest BCUT2D eigenvalue weighted by molar-refractivity contribution is 7.99. The van der Waals surface area contributed by atoms with Crippen LogP contribution in [0, 0.1) is 5.92 Å². The summed E-state index contributed by atoms with van der Waals surface area (Å²) in [6.07, 6.45) is 0.952. The van der Waals surface area contributed by atoms with Gasteiger partial charge in [-0.15, -0.1) is 0 Å². The van der Waals surface area contributed by atoms with Crippen LogP contribution in [0.25, 0.3) is 0 Å². The van der Waals surface area contributed by atoms with E-state index in [2.05, 4.69) is 36.2 Å². The van der Waals surface area contributed by atoms with E-state index in [1.165, 1.54) is 5.75 Å². The Morgan fingerprint density at radius 3 is 2.95 bits per heavy atom. The summed E-state index contributed by atoms with van der Waals surface area (Å²) >= 11 is 1.96. The first kappa shape index (κ1) is 14.6. The van der Waals surface area contributed by atoms with E-state index in [1.54, 1.807) is 0 Å². The van der Waals surface area contributed by atoms with Gasteiger partial charge in [-0.1, -0.05) is 13.8 Å². The van der Waals surface area contributed by atoms with Crippen LogP contribution in [0.2, 0.25) is 0 Å². The number of hydrogen-bond acceptors (Lipinski definition) is 6. The smallest absolute Gasteiger partial charge is 0.148 e. The molecule has 2 heterocycles. The molecule has 0 radical (unpaired) electrons. The molecule has 1 aromatic rings. The van der Waals surface area contributed by atoms with Crippen LogP contribution in [0.15, 0.2) is 6.07 Å². The molecule has 1 unspecified atom stereocenters. The molecule has 0 saturated carbocycles. The van der Waals surface area contributed by atoms with Gasteiger partial charge in [0.2, 0.25) is 0 Å². The minimum absolute atomic E-state index is 0.290. The summed E-state index contributed by atoms with van der Waals surface area (Å²) in [4.78, 5) is 11.6. The van der Waals surface area contributed by atoms with E-state index in [0.29, 0.717) is 11.7 Å². The van der Waals surface area contributed by atoms with Gasteiger partial charge in [0, 0.05) is 29.8 Å². The Balaban J connectivity index is 2.27. The fourth-order valence-corrected chi connectivity index (χ4v) is 3.43. The van der Waals surface area contributed by atoms with Crippen molar-refractivity contribution in [2.45, 2.75) is 26.3 Å². The second kappa shape index (κ2) is 6.54. The normalized spacial score (nSPS) is 20.8. The van der Waals surface area contributed by atoms with Gasteiger partial charge < -0.3 is 5.43 Å². The van der Waals surface area contributed by atoms with Crippen molar-refractivity contribution in [1.82, 2.24) is 14.9 Å². The molecule has 1 aliphatic heterocycles. The third kappa shape index (κ3) is 3.81. The van der Waals surface area contributed by atoms with Crippen molar-refractivity contribution in [3.05, 3.63) is 17.6 Å². The van der Waals surface area contributed by atoms with Crippen molar-refractivity contribution < 1.29 is 0 Å². The molecule has 0 aliphatic carbocycles. The quantitative estimate of drug-likeness (QED) is 0.646. The summed E-state index contributed by atoms with van der Waals surface area (Å²) < 4.78 is 0. The third-order valence-corrected chi connectivity index (χ3v) is 4.28. The maximum atomic E-state index is 5.52. The van der Waals surface area contributed by atoms with Gasteiger partial charge in [-0.25, -0.2) is 15.8 Å². The molecule has 1 saturated heterocycles. The standard InChI is InChI=1S/C13H23N5S/c1-9(2)6-10-7-12(17-14)16-13(15-10)11-8-19-5-4-18(11)3/h7,9,11H,4-6,8,14H2,1-3H3,(H,15,16,17). The second-order valence-electron chi connectivity index (χ2n) is 5.42. The van der Waals surface area contributed by atoms with Gasteiger partial charge in [0.1, 0.15) is 11.6 Å². The summed E-state index contributed by atoms with van der Waals surface area (Å²) in [5.41, 5.74) is 3.73. The van der Waals surface area contributed by atoms with Crippen molar-refractivity contribution >= 4 is 17.6 Å². The zero-order valence-corrected chi connectivity index (χ0v) is 12.7. The SMILES string of the molecule is CC(C)Cc1cc(NN)nc(C2CSCCN2C)n1. The van der Waals surface area contributed by atoms with Crippen molar-refractivity contribution in [3.63, 3.8) is 0 Å². The number of nitrogen functional groups attached to an aromatic ring is 1. The second-order valence-corrected chi connectivity index (χ2v) is 6.57. The number of anilines is 1. The van der Waals surface area contributed by atoms with Crippen LogP contribution in [-0.2, 0) is 6.42 Å². The van der Waals surface area contributed by atoms with E-state index < -0.39 is 0 Å². The number of aromatic nitrogens is 2. The number of nitrogens with one attached hydrogen (secondary N) is 1. The van der Waals surface area contributed by atoms with Gasteiger partial charge in [-0.2, -0.15) is 11.8 Å². The maximum absolute atomic E-state index is 5.52. The van der Waals surface area contributed by atoms with E-state index >= 15 is 0 Å². The molecule has 0 amide bonds. The molecule has 6 heteroatoms. The lowest BCUT2D eigenvalue weighted by atomic mass is 10.1. The van der Waals surface area contributed by atoms with E-state index in [0.717, 1.165) is 30.2 Å². The molecular formula is C13H23N5S. The average Bonchev–Trinajstić information content (AvgIpc) is 2.38. The summed E-state index contributed by atoms with van der Waals surface area (Å²) in [6, 6.07) is 2.23. The minimum Gasteiger partial charge on any atom is -0.308 e. The Labute approximate surface area is 119 Å². The maximum Gasteiger partial charge on any atom is 0.148 e. The highest BCUT2D eigenvalue weighted by Gasteiger charge is 2.24. The first-order valence-corrected chi connectivity index (χ1v) is 7.88. The summed E-state index contributed by atoms with van der Waals surface area (Å²) in [5, 5.41) is 0. The number of hydrazine groups is 1. The molecule has 106 valence electrons. The van der Waals surface area contributed by atoms with E-state index in [-0.39, 0.29) is 6.04 Å². The fourth-order valence-electron chi connectivity index (χ4n) is 2.22. The lowest BCUT2D eigenvalue weighted by Crippen LogP contribution is -2.34. The predicted molar refractivity (Wildman–Crippen MR) is 81.1 cm³/mol. The van der Waals surface area contributed by atoms with Crippen LogP contribution in [0.5, 0.6) is 0 Å². The molecule has 0 bridgehead atoms. The van der Waals surface area contributed by atoms with Crippen LogP contribution in [0.4, 0.5) is 5.82 Å². The number of hydrogen-bond donors (Lipinski definition) is 2. The molecular weight excluding hydrogens is 258 g/mol. The Morgan fingerprint density at radius 1 is 1.53 bits per heavy atom. The zero-order chi connectivity index (χ0) is 13.8. The Kier molecular flexibility index (Phi) is 5.01. The molecule has 0 aromatic carbocycles. The minimum atomic E-state index is 0.290. The topological polar surface area (TPSA) is 67.1 Å². The molecule has 0 spiro atoms. The van der Waals surface area contributed by atoms with E-state index in [1.807, 2.05) is 17.8 Å². The van der Waals surface area contributed by atoms with Crippen molar-refractivity contribution in [2.75, 3.05) is 30.5 Å². The Hall–Kier alpha value is -0.850.